The van der Waals surface area contributed by atoms with Crippen LogP contribution < -0.4 is 21.3 Å². The van der Waals surface area contributed by atoms with Gasteiger partial charge in [-0.2, -0.15) is 0 Å². The zero-order valence-corrected chi connectivity index (χ0v) is 31.2. The zero-order valence-electron chi connectivity index (χ0n) is 31.2. The van der Waals surface area contributed by atoms with Crippen LogP contribution in [0.2, 0.25) is 0 Å². The highest BCUT2D eigenvalue weighted by Gasteiger charge is 2.78. The Morgan fingerprint density at radius 3 is 1.17 bits per heavy atom. The quantitative estimate of drug-likeness (QED) is 0.133. The number of ether oxygens (including phenoxy) is 2. The minimum absolute atomic E-state index is 0.328. The predicted molar refractivity (Wildman–Crippen MR) is 194 cm³/mol. The number of carbonyl (C=O) groups excluding carboxylic acids is 4. The lowest BCUT2D eigenvalue weighted by Gasteiger charge is -2.59. The van der Waals surface area contributed by atoms with Crippen molar-refractivity contribution < 1.29 is 48.5 Å². The smallest absolute Gasteiger partial charge is 0.407 e. The van der Waals surface area contributed by atoms with Crippen molar-refractivity contribution in [1.82, 2.24) is 10.6 Å². The molecule has 6 N–H and O–H groups in total. The summed E-state index contributed by atoms with van der Waals surface area (Å²) in [4.78, 5) is 76.3. The van der Waals surface area contributed by atoms with Crippen LogP contribution in [0.4, 0.5) is 21.0 Å². The second-order valence-electron chi connectivity index (χ2n) is 15.5. The Hall–Kier alpha value is -5.14. The van der Waals surface area contributed by atoms with E-state index in [1.165, 1.54) is 13.8 Å². The van der Waals surface area contributed by atoms with E-state index in [-0.39, 0.29) is 0 Å². The lowest BCUT2D eigenvalue weighted by molar-refractivity contribution is -0.213. The van der Waals surface area contributed by atoms with Crippen molar-refractivity contribution in [3.8, 4) is 0 Å². The molecule has 52 heavy (non-hydrogen) atoms. The van der Waals surface area contributed by atoms with Crippen LogP contribution in [0.3, 0.4) is 0 Å². The molecule has 14 heteroatoms. The Balaban J connectivity index is 1.62. The van der Waals surface area contributed by atoms with E-state index < -0.39 is 69.8 Å². The lowest BCUT2D eigenvalue weighted by atomic mass is 9.39. The van der Waals surface area contributed by atoms with Crippen LogP contribution in [0.15, 0.2) is 48.5 Å². The molecule has 1 fully saturated rings. The molecule has 3 rings (SSSR count). The number of aryl methyl sites for hydroxylation is 2. The molecule has 2 aromatic rings. The Labute approximate surface area is 304 Å². The number of hydrogen-bond acceptors (Lipinski definition) is 8. The highest BCUT2D eigenvalue weighted by atomic mass is 16.6. The van der Waals surface area contributed by atoms with Crippen molar-refractivity contribution in [2.45, 2.75) is 92.3 Å². The van der Waals surface area contributed by atoms with E-state index in [9.17, 15) is 39.0 Å². The maximum absolute atomic E-state index is 13.7. The summed E-state index contributed by atoms with van der Waals surface area (Å²) in [5, 5.41) is 31.2. The minimum Gasteiger partial charge on any atom is -0.481 e. The maximum atomic E-state index is 13.7. The molecule has 0 spiro atoms. The number of nitrogens with one attached hydrogen (secondary N) is 4. The van der Waals surface area contributed by atoms with Crippen LogP contribution in [0.1, 0.15) is 79.4 Å². The van der Waals surface area contributed by atoms with Gasteiger partial charge in [-0.3, -0.25) is 19.2 Å². The number of carbonyl (C=O) groups is 6. The average Bonchev–Trinajstić information content (AvgIpc) is 3.00. The van der Waals surface area contributed by atoms with Crippen molar-refractivity contribution in [3.05, 3.63) is 59.7 Å². The number of amides is 4. The van der Waals surface area contributed by atoms with Gasteiger partial charge in [0.15, 0.2) is 0 Å². The molecular weight excluding hydrogens is 672 g/mol. The van der Waals surface area contributed by atoms with Crippen LogP contribution in [-0.4, -0.2) is 70.4 Å². The number of aliphatic carboxylic acids is 2. The highest BCUT2D eigenvalue weighted by Crippen LogP contribution is 2.64. The van der Waals surface area contributed by atoms with Gasteiger partial charge < -0.3 is 41.0 Å². The first kappa shape index (κ1) is 41.3. The first-order chi connectivity index (χ1) is 24.1. The van der Waals surface area contributed by atoms with Gasteiger partial charge in [-0.25, -0.2) is 9.59 Å². The minimum atomic E-state index is -1.97. The molecule has 0 aromatic heterocycles. The summed E-state index contributed by atoms with van der Waals surface area (Å²) in [5.74, 6) is -7.93. The van der Waals surface area contributed by atoms with Gasteiger partial charge in [0, 0.05) is 24.5 Å². The summed E-state index contributed by atoms with van der Waals surface area (Å²) in [7, 11) is 0. The van der Waals surface area contributed by atoms with Crippen molar-refractivity contribution in [1.29, 1.82) is 0 Å². The Morgan fingerprint density at radius 1 is 0.596 bits per heavy atom. The Bertz CT molecular complexity index is 1500. The Morgan fingerprint density at radius 2 is 0.904 bits per heavy atom. The number of alkyl carbamates (subject to hydrolysis) is 2. The van der Waals surface area contributed by atoms with Gasteiger partial charge in [0.25, 0.3) is 0 Å². The lowest BCUT2D eigenvalue weighted by Crippen LogP contribution is -2.74. The van der Waals surface area contributed by atoms with Crippen molar-refractivity contribution in [2.24, 2.45) is 22.7 Å². The molecule has 2 aromatic carbocycles. The monoisotopic (exact) mass is 724 g/mol. The molecule has 1 aliphatic carbocycles. The molecule has 0 heterocycles. The third-order valence-corrected chi connectivity index (χ3v) is 8.92. The van der Waals surface area contributed by atoms with Gasteiger partial charge >= 0.3 is 24.1 Å². The average molecular weight is 725 g/mol. The fraction of sp³-hybridized carbons (Fsp3) is 0.526. The summed E-state index contributed by atoms with van der Waals surface area (Å²) < 4.78 is 10.4. The normalized spacial score (nSPS) is 21.2. The summed E-state index contributed by atoms with van der Waals surface area (Å²) in [6.45, 7) is 14.0. The highest BCUT2D eigenvalue weighted by molar-refractivity contribution is 6.10. The molecule has 0 unspecified atom stereocenters. The van der Waals surface area contributed by atoms with Crippen LogP contribution in [0.5, 0.6) is 0 Å². The van der Waals surface area contributed by atoms with E-state index in [2.05, 4.69) is 21.3 Å². The number of carboxylic acid groups (broad SMARTS) is 2. The van der Waals surface area contributed by atoms with Gasteiger partial charge in [0.05, 0.1) is 22.7 Å². The number of benzene rings is 2. The van der Waals surface area contributed by atoms with Gasteiger partial charge in [-0.1, -0.05) is 24.3 Å². The van der Waals surface area contributed by atoms with E-state index in [1.54, 1.807) is 90.1 Å². The van der Waals surface area contributed by atoms with Gasteiger partial charge in [0.1, 0.15) is 11.2 Å². The second kappa shape index (κ2) is 16.5. The number of carboxylic acids is 2. The van der Waals surface area contributed by atoms with Crippen LogP contribution in [0, 0.1) is 22.7 Å². The molecule has 0 bridgehead atoms. The van der Waals surface area contributed by atoms with Crippen LogP contribution >= 0.6 is 0 Å². The zero-order chi connectivity index (χ0) is 39.1. The molecule has 0 aliphatic heterocycles. The summed E-state index contributed by atoms with van der Waals surface area (Å²) >= 11 is 0. The fourth-order valence-corrected chi connectivity index (χ4v) is 6.67. The second-order valence-corrected chi connectivity index (χ2v) is 15.5. The molecule has 14 nitrogen and oxygen atoms in total. The van der Waals surface area contributed by atoms with Crippen molar-refractivity contribution in [2.75, 3.05) is 23.7 Å². The van der Waals surface area contributed by atoms with E-state index in [0.717, 1.165) is 11.1 Å². The molecule has 0 radical (unpaired) electrons. The van der Waals surface area contributed by atoms with E-state index >= 15 is 0 Å². The molecular formula is C38H52N4O10. The van der Waals surface area contributed by atoms with Gasteiger partial charge in [0.2, 0.25) is 11.8 Å². The van der Waals surface area contributed by atoms with Crippen LogP contribution in [0.25, 0.3) is 0 Å². The predicted octanol–water partition coefficient (Wildman–Crippen LogP) is 5.61. The van der Waals surface area contributed by atoms with E-state index in [1.807, 2.05) is 0 Å². The molecule has 284 valence electrons. The largest absolute Gasteiger partial charge is 0.481 e. The number of anilines is 2. The fourth-order valence-electron chi connectivity index (χ4n) is 6.67. The molecule has 0 atom stereocenters. The molecule has 4 amide bonds. The molecule has 1 saturated carbocycles. The maximum Gasteiger partial charge on any atom is 0.407 e. The van der Waals surface area contributed by atoms with Crippen LogP contribution in [-0.2, 0) is 41.5 Å². The standard InChI is InChI=1S/C38H52N4O10/c1-35(2,3)51-33(49)39-21-9-11-23-13-17-25(18-14-23)41-31(47)37(7)27(29(43)44)38(8,28(37)30(45)46)32(48)42-26-19-15-24(16-20-26)12-10-22-40-34(50)52-36(4,5)6/h13-20,27-28H,9-12,21-22H2,1-8H3,(H,39,49)(H,40,50)(H,41,47)(H,42,48)(H,43,44)(H,45,46). The molecule has 1 aliphatic rings. The SMILES string of the molecule is CC(C)(C)OC(=O)NCCCc1ccc(NC(=O)C2(C)C(C(=O)O)C(C)(C(=O)Nc3ccc(CCCNC(=O)OC(C)(C)C)cc3)C2C(=O)O)cc1. The van der Waals surface area contributed by atoms with Gasteiger partial charge in [-0.05, 0) is 116 Å². The summed E-state index contributed by atoms with van der Waals surface area (Å²) in [5.41, 5.74) is -2.64. The first-order valence-electron chi connectivity index (χ1n) is 17.3. The topological polar surface area (TPSA) is 209 Å². The van der Waals surface area contributed by atoms with Crippen molar-refractivity contribution >= 4 is 47.3 Å². The summed E-state index contributed by atoms with van der Waals surface area (Å²) in [6.07, 6.45) is 1.49. The van der Waals surface area contributed by atoms with E-state index in [4.69, 9.17) is 9.47 Å². The Kier molecular flexibility index (Phi) is 13.1. The third-order valence-electron chi connectivity index (χ3n) is 8.92. The number of hydrogen-bond donors (Lipinski definition) is 6. The van der Waals surface area contributed by atoms with E-state index in [0.29, 0.717) is 50.1 Å². The first-order valence-corrected chi connectivity index (χ1v) is 17.3. The number of rotatable bonds is 14. The van der Waals surface area contributed by atoms with Crippen molar-refractivity contribution in [3.63, 3.8) is 0 Å². The third kappa shape index (κ3) is 10.5. The summed E-state index contributed by atoms with van der Waals surface area (Å²) in [6, 6.07) is 13.5. The molecule has 0 saturated heterocycles. The van der Waals surface area contributed by atoms with Gasteiger partial charge in [-0.15, -0.1) is 0 Å².